The summed E-state index contributed by atoms with van der Waals surface area (Å²) in [5.41, 5.74) is 17.4. The lowest BCUT2D eigenvalue weighted by Gasteiger charge is -2.27. The van der Waals surface area contributed by atoms with E-state index in [4.69, 9.17) is 36.8 Å². The number of aromatic nitrogens is 5. The van der Waals surface area contributed by atoms with Gasteiger partial charge in [0.1, 0.15) is 54.7 Å². The van der Waals surface area contributed by atoms with Crippen molar-refractivity contribution in [3.63, 3.8) is 0 Å². The van der Waals surface area contributed by atoms with Crippen LogP contribution >= 0.6 is 11.8 Å². The van der Waals surface area contributed by atoms with E-state index in [1.165, 1.54) is 35.5 Å². The number of fused-ring (bicyclic) bond motifs is 3. The molecule has 1 unspecified atom stereocenters. The molecule has 2 aromatic heterocycles. The van der Waals surface area contributed by atoms with Gasteiger partial charge in [-0.25, -0.2) is 14.2 Å². The highest BCUT2D eigenvalue weighted by Gasteiger charge is 2.43. The molecule has 94 heavy (non-hydrogen) atoms. The van der Waals surface area contributed by atoms with Crippen molar-refractivity contribution in [1.29, 1.82) is 5.41 Å². The molecule has 0 saturated carbocycles. The van der Waals surface area contributed by atoms with Gasteiger partial charge in [-0.05, 0) is 62.6 Å². The monoisotopic (exact) mass is 1340 g/mol. The first kappa shape index (κ1) is 74.0. The number of guanidine groups is 1. The van der Waals surface area contributed by atoms with Crippen LogP contribution in [0.3, 0.4) is 0 Å². The number of unbranched alkanes of at least 4 members (excludes halogenated alkanes) is 1. The summed E-state index contributed by atoms with van der Waals surface area (Å²) >= 11 is 1.83. The number of carbonyl (C=O) groups is 11. The number of amides is 12. The fraction of sp³-hybridized carbons (Fsp3) is 0.596. The first-order valence-electron chi connectivity index (χ1n) is 30.8. The smallest absolute Gasteiger partial charge is 0.315 e. The number of benzene rings is 1. The van der Waals surface area contributed by atoms with Gasteiger partial charge in [-0.1, -0.05) is 23.8 Å². The lowest BCUT2D eigenvalue weighted by molar-refractivity contribution is -0.137. The quantitative estimate of drug-likeness (QED) is 0.0133. The molecule has 12 amide bonds. The number of rotatable bonds is 29. The van der Waals surface area contributed by atoms with Gasteiger partial charge in [0.15, 0.2) is 5.96 Å². The van der Waals surface area contributed by atoms with E-state index in [2.05, 4.69) is 78.8 Å². The maximum atomic E-state index is 14.5. The summed E-state index contributed by atoms with van der Waals surface area (Å²) < 4.78 is 32.1. The predicted octanol–water partition coefficient (Wildman–Crippen LogP) is -5.75. The standard InChI is InChI=1S/C57H85FN20O15S/c58-33-12-10-32(11-13-33)22-38-51(85)69-37(7-5-14-65-56(61)62)50(84)68-36(49(60)83)6-3-4-16-78-27-35(76-77-78)24-39(52(86)72-41(25-45(59)80)54(88)73-42(28-79)55(89)71-40(53(87)70-38)23-34-26-63-31-66-34)67-47(82)29-93-21-20-92-19-18-91-17-15-64-46(81)9-2-1-8-44-48-43(30-94-44)74-57(90)75-48/h10-13,26-27,31,36-44,48,79H,1-9,14-25,28-30H2,(H2,59,80)(H2,60,83)(H,63,66)(H,64,81)(H,67,82)(H,68,84)(H,69,85)(H,70,87)(H,71,89)(H,72,86)(H,73,88)(H4,61,62,65)(H2,74,75,90)/t36-,37+,38-,39-,40+,41+,42+,43+,44?,48+/m0/s1. The number of thioether (sulfide) groups is 1. The molecule has 516 valence electrons. The van der Waals surface area contributed by atoms with Crippen LogP contribution in [0.15, 0.2) is 43.0 Å². The molecule has 5 heterocycles. The molecule has 0 aliphatic carbocycles. The van der Waals surface area contributed by atoms with Crippen LogP contribution in [0, 0.1) is 11.2 Å². The minimum absolute atomic E-state index is 0.00400. The summed E-state index contributed by atoms with van der Waals surface area (Å²) in [5, 5.41) is 55.4. The second-order valence-electron chi connectivity index (χ2n) is 22.5. The van der Waals surface area contributed by atoms with Crippen molar-refractivity contribution in [2.45, 2.75) is 150 Å². The number of primary amides is 2. The Kier molecular flexibility index (Phi) is 30.6. The highest BCUT2D eigenvalue weighted by atomic mass is 32.2. The minimum Gasteiger partial charge on any atom is -0.394 e. The van der Waals surface area contributed by atoms with Gasteiger partial charge in [0.25, 0.3) is 0 Å². The van der Waals surface area contributed by atoms with Crippen LogP contribution in [0.1, 0.15) is 81.2 Å². The van der Waals surface area contributed by atoms with Crippen LogP contribution in [0.25, 0.3) is 0 Å². The van der Waals surface area contributed by atoms with Crippen molar-refractivity contribution in [2.24, 2.45) is 17.2 Å². The van der Waals surface area contributed by atoms with Gasteiger partial charge in [0.05, 0.1) is 75.9 Å². The minimum atomic E-state index is -1.89. The van der Waals surface area contributed by atoms with Gasteiger partial charge < -0.3 is 100.0 Å². The molecule has 2 bridgehead atoms. The van der Waals surface area contributed by atoms with E-state index in [-0.39, 0.29) is 132 Å². The van der Waals surface area contributed by atoms with E-state index in [9.17, 15) is 62.2 Å². The van der Waals surface area contributed by atoms with E-state index in [1.807, 2.05) is 11.8 Å². The molecule has 6 rings (SSSR count). The third-order valence-corrected chi connectivity index (χ3v) is 16.6. The summed E-state index contributed by atoms with van der Waals surface area (Å²) in [4.78, 5) is 155. The van der Waals surface area contributed by atoms with Crippen molar-refractivity contribution < 1.29 is 76.4 Å². The number of nitrogens with zero attached hydrogens (tertiary/aromatic N) is 4. The first-order chi connectivity index (χ1) is 45.1. The number of aliphatic hydroxyl groups is 1. The van der Waals surface area contributed by atoms with Crippen LogP contribution < -0.4 is 75.7 Å². The Labute approximate surface area is 543 Å². The van der Waals surface area contributed by atoms with Crippen LogP contribution in [0.4, 0.5) is 9.18 Å². The van der Waals surface area contributed by atoms with Crippen LogP contribution in [0.2, 0.25) is 0 Å². The molecule has 20 N–H and O–H groups in total. The average Bonchev–Trinajstić information content (AvgIpc) is 1.64. The Morgan fingerprint density at radius 2 is 1.37 bits per heavy atom. The normalized spacial score (nSPS) is 23.5. The Bertz CT molecular complexity index is 3040. The molecule has 37 heteroatoms. The molecule has 2 saturated heterocycles. The van der Waals surface area contributed by atoms with Crippen molar-refractivity contribution in [2.75, 3.05) is 65.1 Å². The largest absolute Gasteiger partial charge is 0.394 e. The molecular weight excluding hydrogens is 1260 g/mol. The summed E-state index contributed by atoms with van der Waals surface area (Å²) in [7, 11) is 0. The summed E-state index contributed by atoms with van der Waals surface area (Å²) in [6.45, 7) is -0.577. The molecule has 0 radical (unpaired) electrons. The number of urea groups is 1. The fourth-order valence-electron chi connectivity index (χ4n) is 10.3. The number of H-pyrrole nitrogens is 1. The van der Waals surface area contributed by atoms with E-state index < -0.39 is 121 Å². The van der Waals surface area contributed by atoms with E-state index in [1.54, 1.807) is 0 Å². The molecule has 0 spiro atoms. The number of imidazole rings is 1. The maximum absolute atomic E-state index is 14.5. The zero-order valence-corrected chi connectivity index (χ0v) is 52.6. The molecule has 1 aromatic carbocycles. The predicted molar refractivity (Wildman–Crippen MR) is 332 cm³/mol. The Hall–Kier alpha value is -9.07. The van der Waals surface area contributed by atoms with Crippen LogP contribution in [-0.2, 0) is 88.0 Å². The number of hydrogen-bond donors (Lipinski definition) is 17. The van der Waals surface area contributed by atoms with Crippen LogP contribution in [-0.4, -0.2) is 226 Å². The fourth-order valence-corrected chi connectivity index (χ4v) is 11.8. The molecule has 3 aromatic rings. The summed E-state index contributed by atoms with van der Waals surface area (Å²) in [5.74, 6) is -9.29. The Morgan fingerprint density at radius 1 is 0.713 bits per heavy atom. The molecule has 3 aliphatic rings. The van der Waals surface area contributed by atoms with Gasteiger partial charge in [-0.3, -0.25) is 58.0 Å². The molecule has 2 fully saturated rings. The average molecular weight is 1340 g/mol. The molecule has 3 aliphatic heterocycles. The number of aromatic amines is 1. The highest BCUT2D eigenvalue weighted by Crippen LogP contribution is 2.33. The topological polar surface area (TPSA) is 529 Å². The lowest BCUT2D eigenvalue weighted by atomic mass is 10.0. The Morgan fingerprint density at radius 3 is 2.06 bits per heavy atom. The van der Waals surface area contributed by atoms with Crippen molar-refractivity contribution >= 4 is 82.8 Å². The number of nitrogens with two attached hydrogens (primary N) is 3. The summed E-state index contributed by atoms with van der Waals surface area (Å²) in [6, 6.07) is -6.09. The lowest BCUT2D eigenvalue weighted by Crippen LogP contribution is -2.61. The maximum Gasteiger partial charge on any atom is 0.315 e. The van der Waals surface area contributed by atoms with Crippen molar-refractivity contribution in [3.8, 4) is 0 Å². The van der Waals surface area contributed by atoms with Gasteiger partial charge in [0.2, 0.25) is 59.1 Å². The number of ether oxygens (including phenoxy) is 3. The van der Waals surface area contributed by atoms with Crippen molar-refractivity contribution in [3.05, 3.63) is 65.8 Å². The third kappa shape index (κ3) is 25.8. The number of carbonyl (C=O) groups excluding carboxylic acids is 11. The van der Waals surface area contributed by atoms with E-state index in [0.29, 0.717) is 30.2 Å². The second kappa shape index (κ2) is 38.8. The van der Waals surface area contributed by atoms with Gasteiger partial charge in [-0.15, -0.1) is 5.10 Å². The Balaban J connectivity index is 1.10. The number of hydrogen-bond acceptors (Lipinski definition) is 20. The zero-order chi connectivity index (χ0) is 67.9. The van der Waals surface area contributed by atoms with Crippen LogP contribution in [0.5, 0.6) is 0 Å². The molecule has 10 atom stereocenters. The van der Waals surface area contributed by atoms with Crippen molar-refractivity contribution in [1.82, 2.24) is 83.4 Å². The highest BCUT2D eigenvalue weighted by molar-refractivity contribution is 8.00. The number of halogens is 1. The van der Waals surface area contributed by atoms with Gasteiger partial charge >= 0.3 is 6.03 Å². The SMILES string of the molecule is N=C(N)NCCC[C@H]1NC(=O)[C@H](Cc2ccc(F)cc2)NC(=O)[C@@H](Cc2c[nH]cn2)NC(=O)[C@@H](CO)NC(=O)[C@@H](CC(N)=O)NC(=O)[C@@H](NC(=O)COCCOCCOCCNC(=O)CCCCC2SC[C@H]3NC(=O)N[C@@H]23)Cc2cn(nn2)CCCC[C@@H](C(N)=O)NC1=O. The molecule has 35 nitrogen and oxygen atoms in total. The van der Waals surface area contributed by atoms with Gasteiger partial charge in [0, 0.05) is 68.7 Å². The number of aliphatic hydroxyl groups excluding tert-OH is 1. The summed E-state index contributed by atoms with van der Waals surface area (Å²) in [6.07, 6.45) is 5.71. The van der Waals surface area contributed by atoms with E-state index >= 15 is 0 Å². The van der Waals surface area contributed by atoms with E-state index in [0.717, 1.165) is 37.1 Å². The number of aryl methyl sites for hydroxylation is 1. The zero-order valence-electron chi connectivity index (χ0n) is 51.8. The number of nitrogens with one attached hydrogen (secondary N) is 13. The third-order valence-electron chi connectivity index (χ3n) is 15.1. The van der Waals surface area contributed by atoms with Gasteiger partial charge in [-0.2, -0.15) is 11.8 Å². The second-order valence-corrected chi connectivity index (χ2v) is 23.8. The molecular formula is C57H85FN20O15S. The first-order valence-corrected chi connectivity index (χ1v) is 31.9.